The minimum atomic E-state index is 0.0736. The Labute approximate surface area is 123 Å². The molecule has 0 atom stereocenters. The van der Waals surface area contributed by atoms with Crippen molar-refractivity contribution in [3.63, 3.8) is 0 Å². The third-order valence-electron chi connectivity index (χ3n) is 4.07. The molecule has 0 fully saturated rings. The maximum Gasteiger partial charge on any atom is 0.228 e. The summed E-state index contributed by atoms with van der Waals surface area (Å²) in [5.41, 5.74) is 6.67. The van der Waals surface area contributed by atoms with Crippen LogP contribution in [0, 0.1) is 13.8 Å². The summed E-state index contributed by atoms with van der Waals surface area (Å²) in [5, 5.41) is 4.21. The highest BCUT2D eigenvalue weighted by Gasteiger charge is 2.22. The van der Waals surface area contributed by atoms with E-state index < -0.39 is 0 Å². The van der Waals surface area contributed by atoms with E-state index >= 15 is 0 Å². The maximum absolute atomic E-state index is 11.7. The van der Waals surface area contributed by atoms with E-state index in [0.29, 0.717) is 6.42 Å². The average molecular weight is 276 g/mol. The molecule has 0 saturated carbocycles. The van der Waals surface area contributed by atoms with E-state index in [1.165, 1.54) is 22.0 Å². The van der Waals surface area contributed by atoms with Gasteiger partial charge in [0.05, 0.1) is 23.3 Å². The van der Waals surface area contributed by atoms with Crippen molar-refractivity contribution in [1.82, 2.24) is 4.57 Å². The van der Waals surface area contributed by atoms with Crippen LogP contribution >= 0.6 is 0 Å². The molecule has 21 heavy (non-hydrogen) atoms. The van der Waals surface area contributed by atoms with Gasteiger partial charge in [0.25, 0.3) is 0 Å². The van der Waals surface area contributed by atoms with E-state index in [9.17, 15) is 4.79 Å². The minimum absolute atomic E-state index is 0.0736. The van der Waals surface area contributed by atoms with Crippen LogP contribution in [-0.4, -0.2) is 10.5 Å². The molecule has 4 rings (SSSR count). The SMILES string of the molecule is Cc1cc2c(c(-n3ccc4ccc(C)cc43)c1)NC(=O)C2. The second-order valence-corrected chi connectivity index (χ2v) is 5.79. The van der Waals surface area contributed by atoms with Crippen LogP contribution in [0.1, 0.15) is 16.7 Å². The normalized spacial score (nSPS) is 13.5. The zero-order chi connectivity index (χ0) is 14.6. The highest BCUT2D eigenvalue weighted by molar-refractivity contribution is 6.02. The quantitative estimate of drug-likeness (QED) is 0.721. The predicted molar refractivity (Wildman–Crippen MR) is 85.1 cm³/mol. The number of anilines is 1. The van der Waals surface area contributed by atoms with Crippen LogP contribution in [0.5, 0.6) is 0 Å². The van der Waals surface area contributed by atoms with Gasteiger partial charge in [-0.1, -0.05) is 18.2 Å². The molecule has 2 heterocycles. The van der Waals surface area contributed by atoms with Gasteiger partial charge >= 0.3 is 0 Å². The fraction of sp³-hybridized carbons (Fsp3) is 0.167. The van der Waals surface area contributed by atoms with E-state index in [0.717, 1.165) is 16.9 Å². The molecule has 2 aromatic carbocycles. The van der Waals surface area contributed by atoms with Gasteiger partial charge in [-0.25, -0.2) is 0 Å². The zero-order valence-corrected chi connectivity index (χ0v) is 12.1. The molecule has 0 aliphatic carbocycles. The lowest BCUT2D eigenvalue weighted by molar-refractivity contribution is -0.115. The van der Waals surface area contributed by atoms with Crippen LogP contribution in [0.15, 0.2) is 42.6 Å². The minimum Gasteiger partial charge on any atom is -0.324 e. The molecule has 0 spiro atoms. The Hall–Kier alpha value is -2.55. The van der Waals surface area contributed by atoms with Crippen molar-refractivity contribution in [2.45, 2.75) is 20.3 Å². The number of amides is 1. The fourth-order valence-electron chi connectivity index (χ4n) is 3.12. The van der Waals surface area contributed by atoms with E-state index in [-0.39, 0.29) is 5.91 Å². The molecular formula is C18H16N2O. The molecule has 0 bridgehead atoms. The molecule has 0 unspecified atom stereocenters. The molecule has 0 radical (unpaired) electrons. The van der Waals surface area contributed by atoms with Crippen LogP contribution in [0.3, 0.4) is 0 Å². The summed E-state index contributed by atoms with van der Waals surface area (Å²) in [6.07, 6.45) is 2.55. The van der Waals surface area contributed by atoms with Crippen molar-refractivity contribution in [3.8, 4) is 5.69 Å². The molecule has 1 aliphatic heterocycles. The first kappa shape index (κ1) is 12.2. The number of nitrogens with zero attached hydrogens (tertiary/aromatic N) is 1. The topological polar surface area (TPSA) is 34.0 Å². The Morgan fingerprint density at radius 2 is 1.90 bits per heavy atom. The molecule has 0 saturated heterocycles. The van der Waals surface area contributed by atoms with Gasteiger partial charge < -0.3 is 9.88 Å². The predicted octanol–water partition coefficient (Wildman–Crippen LogP) is 3.74. The third-order valence-corrected chi connectivity index (χ3v) is 4.07. The van der Waals surface area contributed by atoms with Gasteiger partial charge in [0, 0.05) is 6.20 Å². The number of nitrogens with one attached hydrogen (secondary N) is 1. The lowest BCUT2D eigenvalue weighted by Crippen LogP contribution is -2.05. The number of rotatable bonds is 1. The Morgan fingerprint density at radius 1 is 1.05 bits per heavy atom. The van der Waals surface area contributed by atoms with Gasteiger partial charge in [0.1, 0.15) is 0 Å². The second-order valence-electron chi connectivity index (χ2n) is 5.79. The van der Waals surface area contributed by atoms with Crippen LogP contribution in [0.2, 0.25) is 0 Å². The van der Waals surface area contributed by atoms with Crippen LogP contribution in [0.25, 0.3) is 16.6 Å². The smallest absolute Gasteiger partial charge is 0.228 e. The van der Waals surface area contributed by atoms with E-state index in [1.54, 1.807) is 0 Å². The van der Waals surface area contributed by atoms with E-state index in [2.05, 4.69) is 66.3 Å². The van der Waals surface area contributed by atoms with Crippen LogP contribution in [-0.2, 0) is 11.2 Å². The summed E-state index contributed by atoms with van der Waals surface area (Å²) in [4.78, 5) is 11.7. The summed E-state index contributed by atoms with van der Waals surface area (Å²) in [6.45, 7) is 4.17. The molecule has 3 nitrogen and oxygen atoms in total. The molecule has 104 valence electrons. The first-order valence-electron chi connectivity index (χ1n) is 7.13. The van der Waals surface area contributed by atoms with Crippen molar-refractivity contribution in [1.29, 1.82) is 0 Å². The van der Waals surface area contributed by atoms with Crippen molar-refractivity contribution in [2.24, 2.45) is 0 Å². The number of benzene rings is 2. The molecule has 1 N–H and O–H groups in total. The highest BCUT2D eigenvalue weighted by atomic mass is 16.1. The van der Waals surface area contributed by atoms with Gasteiger partial charge in [-0.05, 0) is 54.1 Å². The Balaban J connectivity index is 2.02. The standard InChI is InChI=1S/C18H16N2O/c1-11-3-4-13-5-6-20(15(13)8-11)16-9-12(2)7-14-10-17(21)19-18(14)16/h3-9H,10H2,1-2H3,(H,19,21). The van der Waals surface area contributed by atoms with E-state index in [1.807, 2.05) is 0 Å². The summed E-state index contributed by atoms with van der Waals surface area (Å²) in [6, 6.07) is 12.8. The van der Waals surface area contributed by atoms with Gasteiger partial charge in [-0.15, -0.1) is 0 Å². The van der Waals surface area contributed by atoms with Gasteiger partial charge in [-0.2, -0.15) is 0 Å². The largest absolute Gasteiger partial charge is 0.324 e. The second kappa shape index (κ2) is 4.22. The van der Waals surface area contributed by atoms with Gasteiger partial charge in [0.2, 0.25) is 5.91 Å². The van der Waals surface area contributed by atoms with Gasteiger partial charge in [-0.3, -0.25) is 4.79 Å². The fourth-order valence-corrected chi connectivity index (χ4v) is 3.12. The molecule has 1 aliphatic rings. The average Bonchev–Trinajstić information content (AvgIpc) is 3.00. The number of hydrogen-bond donors (Lipinski definition) is 1. The Kier molecular flexibility index (Phi) is 2.45. The lowest BCUT2D eigenvalue weighted by Gasteiger charge is -2.12. The summed E-state index contributed by atoms with van der Waals surface area (Å²) in [5.74, 6) is 0.0736. The molecule has 3 heteroatoms. The maximum atomic E-state index is 11.7. The lowest BCUT2D eigenvalue weighted by atomic mass is 10.1. The number of aromatic nitrogens is 1. The number of carbonyl (C=O) groups excluding carboxylic acids is 1. The molecular weight excluding hydrogens is 260 g/mol. The Morgan fingerprint density at radius 3 is 2.76 bits per heavy atom. The summed E-state index contributed by atoms with van der Waals surface area (Å²) in [7, 11) is 0. The van der Waals surface area contributed by atoms with Gasteiger partial charge in [0.15, 0.2) is 0 Å². The molecule has 1 aromatic heterocycles. The number of carbonyl (C=O) groups is 1. The molecule has 3 aromatic rings. The molecule has 1 amide bonds. The van der Waals surface area contributed by atoms with Crippen molar-refractivity contribution < 1.29 is 4.79 Å². The van der Waals surface area contributed by atoms with Crippen molar-refractivity contribution in [2.75, 3.05) is 5.32 Å². The zero-order valence-electron chi connectivity index (χ0n) is 12.1. The van der Waals surface area contributed by atoms with Crippen molar-refractivity contribution in [3.05, 3.63) is 59.3 Å². The highest BCUT2D eigenvalue weighted by Crippen LogP contribution is 2.33. The monoisotopic (exact) mass is 276 g/mol. The number of hydrogen-bond acceptors (Lipinski definition) is 1. The van der Waals surface area contributed by atoms with Crippen LogP contribution < -0.4 is 5.32 Å². The first-order chi connectivity index (χ1) is 10.1. The summed E-state index contributed by atoms with van der Waals surface area (Å²) < 4.78 is 2.17. The third kappa shape index (κ3) is 1.85. The van der Waals surface area contributed by atoms with Crippen LogP contribution in [0.4, 0.5) is 5.69 Å². The van der Waals surface area contributed by atoms with Crippen molar-refractivity contribution >= 4 is 22.5 Å². The first-order valence-corrected chi connectivity index (χ1v) is 7.13. The Bertz CT molecular complexity index is 890. The number of fused-ring (bicyclic) bond motifs is 2. The summed E-state index contributed by atoms with van der Waals surface area (Å²) >= 11 is 0. The van der Waals surface area contributed by atoms with E-state index in [4.69, 9.17) is 0 Å². The number of aryl methyl sites for hydroxylation is 2.